The molecule has 3 rings (SSSR count). The molecule has 0 unspecified atom stereocenters. The van der Waals surface area contributed by atoms with Gasteiger partial charge in [-0.15, -0.1) is 5.10 Å². The van der Waals surface area contributed by atoms with Gasteiger partial charge in [-0.25, -0.2) is 4.68 Å². The third-order valence-corrected chi connectivity index (χ3v) is 3.91. The standard InChI is InChI=1S/C20H21N3O/c24-16-19-20(14-13-18-10-5-2-6-11-18)23(22-21-19)15-7-12-17-8-3-1-4-9-17/h1-6,8-11,13-14,24H,7,12,15-16H2/b14-13+. The molecule has 0 atom stereocenters. The molecule has 122 valence electrons. The van der Waals surface area contributed by atoms with E-state index in [-0.39, 0.29) is 6.61 Å². The minimum absolute atomic E-state index is 0.104. The van der Waals surface area contributed by atoms with E-state index in [2.05, 4.69) is 34.6 Å². The van der Waals surface area contributed by atoms with Crippen molar-refractivity contribution in [2.45, 2.75) is 26.0 Å². The zero-order chi connectivity index (χ0) is 16.6. The van der Waals surface area contributed by atoms with Crippen LogP contribution in [0.15, 0.2) is 60.7 Å². The Morgan fingerprint density at radius 3 is 2.33 bits per heavy atom. The number of hydrogen-bond donors (Lipinski definition) is 1. The Kier molecular flexibility index (Phi) is 5.53. The number of rotatable bonds is 7. The molecule has 4 heteroatoms. The molecule has 0 fully saturated rings. The minimum atomic E-state index is -0.104. The number of aliphatic hydroxyl groups excluding tert-OH is 1. The first-order valence-electron chi connectivity index (χ1n) is 8.17. The van der Waals surface area contributed by atoms with Gasteiger partial charge in [-0.1, -0.05) is 72.0 Å². The average molecular weight is 319 g/mol. The van der Waals surface area contributed by atoms with Crippen LogP contribution in [0.2, 0.25) is 0 Å². The van der Waals surface area contributed by atoms with Crippen LogP contribution in [0.1, 0.15) is 28.9 Å². The first-order chi connectivity index (χ1) is 11.9. The second-order valence-electron chi connectivity index (χ2n) is 5.64. The summed E-state index contributed by atoms with van der Waals surface area (Å²) in [6.07, 6.45) is 5.97. The van der Waals surface area contributed by atoms with Crippen LogP contribution in [0.3, 0.4) is 0 Å². The number of nitrogens with zero attached hydrogens (tertiary/aromatic N) is 3. The van der Waals surface area contributed by atoms with Crippen molar-refractivity contribution in [3.8, 4) is 0 Å². The van der Waals surface area contributed by atoms with Gasteiger partial charge in [0.2, 0.25) is 0 Å². The Hall–Kier alpha value is -2.72. The van der Waals surface area contributed by atoms with Crippen LogP contribution in [-0.4, -0.2) is 20.1 Å². The van der Waals surface area contributed by atoms with Gasteiger partial charge in [0.1, 0.15) is 5.69 Å². The molecule has 4 nitrogen and oxygen atoms in total. The fourth-order valence-electron chi connectivity index (χ4n) is 2.63. The molecule has 0 radical (unpaired) electrons. The van der Waals surface area contributed by atoms with Crippen LogP contribution in [0, 0.1) is 0 Å². The van der Waals surface area contributed by atoms with E-state index in [1.165, 1.54) is 5.56 Å². The summed E-state index contributed by atoms with van der Waals surface area (Å²) in [4.78, 5) is 0. The highest BCUT2D eigenvalue weighted by atomic mass is 16.3. The molecule has 0 saturated heterocycles. The second-order valence-corrected chi connectivity index (χ2v) is 5.64. The van der Waals surface area contributed by atoms with Crippen LogP contribution in [0.25, 0.3) is 12.2 Å². The van der Waals surface area contributed by atoms with Crippen LogP contribution in [0.5, 0.6) is 0 Å². The van der Waals surface area contributed by atoms with Crippen LogP contribution < -0.4 is 0 Å². The van der Waals surface area contributed by atoms with Crippen molar-refractivity contribution < 1.29 is 5.11 Å². The van der Waals surface area contributed by atoms with Crippen LogP contribution >= 0.6 is 0 Å². The molecule has 2 aromatic carbocycles. The molecule has 1 heterocycles. The fourth-order valence-corrected chi connectivity index (χ4v) is 2.63. The number of hydrogen-bond acceptors (Lipinski definition) is 3. The quantitative estimate of drug-likeness (QED) is 0.724. The first kappa shape index (κ1) is 16.1. The third kappa shape index (κ3) is 4.18. The number of aromatic nitrogens is 3. The zero-order valence-electron chi connectivity index (χ0n) is 13.5. The predicted molar refractivity (Wildman–Crippen MR) is 96.1 cm³/mol. The van der Waals surface area contributed by atoms with E-state index < -0.39 is 0 Å². The Morgan fingerprint density at radius 2 is 1.62 bits per heavy atom. The van der Waals surface area contributed by atoms with Crippen molar-refractivity contribution in [2.24, 2.45) is 0 Å². The number of benzene rings is 2. The molecule has 0 aliphatic rings. The SMILES string of the molecule is OCc1nnn(CCCc2ccccc2)c1/C=C/c1ccccc1. The topological polar surface area (TPSA) is 50.9 Å². The molecule has 1 aromatic heterocycles. The van der Waals surface area contributed by atoms with E-state index in [9.17, 15) is 5.11 Å². The number of aliphatic hydroxyl groups is 1. The summed E-state index contributed by atoms with van der Waals surface area (Å²) in [5, 5.41) is 17.8. The second kappa shape index (κ2) is 8.22. The summed E-state index contributed by atoms with van der Waals surface area (Å²) in [5.74, 6) is 0. The van der Waals surface area contributed by atoms with E-state index >= 15 is 0 Å². The van der Waals surface area contributed by atoms with Crippen molar-refractivity contribution in [3.63, 3.8) is 0 Å². The lowest BCUT2D eigenvalue weighted by Crippen LogP contribution is -2.04. The van der Waals surface area contributed by atoms with Gasteiger partial charge >= 0.3 is 0 Å². The molecule has 0 spiro atoms. The van der Waals surface area contributed by atoms with Crippen molar-refractivity contribution in [1.29, 1.82) is 0 Å². The van der Waals surface area contributed by atoms with Crippen LogP contribution in [-0.2, 0) is 19.6 Å². The average Bonchev–Trinajstić information content (AvgIpc) is 3.04. The van der Waals surface area contributed by atoms with Crippen molar-refractivity contribution in [1.82, 2.24) is 15.0 Å². The highest BCUT2D eigenvalue weighted by Crippen LogP contribution is 2.13. The van der Waals surface area contributed by atoms with Gasteiger partial charge in [0.05, 0.1) is 12.3 Å². The van der Waals surface area contributed by atoms with Crippen molar-refractivity contribution >= 4 is 12.2 Å². The van der Waals surface area contributed by atoms with E-state index in [1.54, 1.807) is 0 Å². The van der Waals surface area contributed by atoms with Crippen molar-refractivity contribution in [3.05, 3.63) is 83.2 Å². The van der Waals surface area contributed by atoms with Gasteiger partial charge in [-0.3, -0.25) is 0 Å². The monoisotopic (exact) mass is 319 g/mol. The van der Waals surface area contributed by atoms with Gasteiger partial charge in [0.25, 0.3) is 0 Å². The van der Waals surface area contributed by atoms with E-state index in [0.717, 1.165) is 30.6 Å². The summed E-state index contributed by atoms with van der Waals surface area (Å²) in [6, 6.07) is 20.5. The van der Waals surface area contributed by atoms with Gasteiger partial charge in [-0.05, 0) is 30.0 Å². The maximum atomic E-state index is 9.48. The molecular formula is C20H21N3O. The van der Waals surface area contributed by atoms with E-state index in [0.29, 0.717) is 5.69 Å². The van der Waals surface area contributed by atoms with Gasteiger partial charge in [-0.2, -0.15) is 0 Å². The number of aryl methyl sites for hydroxylation is 2. The van der Waals surface area contributed by atoms with E-state index in [4.69, 9.17) is 0 Å². The Labute approximate surface area is 142 Å². The normalized spacial score (nSPS) is 11.2. The smallest absolute Gasteiger partial charge is 0.115 e. The highest BCUT2D eigenvalue weighted by molar-refractivity contribution is 5.68. The minimum Gasteiger partial charge on any atom is -0.390 e. The van der Waals surface area contributed by atoms with Gasteiger partial charge < -0.3 is 5.11 Å². The molecule has 3 aromatic rings. The third-order valence-electron chi connectivity index (χ3n) is 3.91. The maximum absolute atomic E-state index is 9.48. The molecule has 0 amide bonds. The summed E-state index contributed by atoms with van der Waals surface area (Å²) in [6.45, 7) is 0.670. The molecule has 0 bridgehead atoms. The first-order valence-corrected chi connectivity index (χ1v) is 8.17. The summed E-state index contributed by atoms with van der Waals surface area (Å²) >= 11 is 0. The predicted octanol–water partition coefficient (Wildman–Crippen LogP) is 3.57. The highest BCUT2D eigenvalue weighted by Gasteiger charge is 2.09. The lowest BCUT2D eigenvalue weighted by atomic mass is 10.1. The van der Waals surface area contributed by atoms with Crippen LogP contribution in [0.4, 0.5) is 0 Å². The molecular weight excluding hydrogens is 298 g/mol. The van der Waals surface area contributed by atoms with Gasteiger partial charge in [0, 0.05) is 6.54 Å². The lowest BCUT2D eigenvalue weighted by Gasteiger charge is -2.05. The lowest BCUT2D eigenvalue weighted by molar-refractivity contribution is 0.276. The zero-order valence-corrected chi connectivity index (χ0v) is 13.5. The Morgan fingerprint density at radius 1 is 0.917 bits per heavy atom. The summed E-state index contributed by atoms with van der Waals surface area (Å²) in [7, 11) is 0. The summed E-state index contributed by atoms with van der Waals surface area (Å²) in [5.41, 5.74) is 3.91. The molecule has 1 N–H and O–H groups in total. The molecule has 0 aliphatic heterocycles. The van der Waals surface area contributed by atoms with E-state index in [1.807, 2.05) is 53.2 Å². The maximum Gasteiger partial charge on any atom is 0.115 e. The van der Waals surface area contributed by atoms with Gasteiger partial charge in [0.15, 0.2) is 0 Å². The Bertz CT molecular complexity index is 779. The largest absolute Gasteiger partial charge is 0.390 e. The molecule has 0 saturated carbocycles. The fraction of sp³-hybridized carbons (Fsp3) is 0.200. The van der Waals surface area contributed by atoms with Crippen molar-refractivity contribution in [2.75, 3.05) is 0 Å². The molecule has 0 aliphatic carbocycles. The Balaban J connectivity index is 1.69. The summed E-state index contributed by atoms with van der Waals surface area (Å²) < 4.78 is 1.87. The molecule has 24 heavy (non-hydrogen) atoms.